The number of amidine groups is 1. The number of aliphatic imine (C=N–C) groups is 1. The van der Waals surface area contributed by atoms with Gasteiger partial charge in [-0.25, -0.2) is 4.99 Å². The van der Waals surface area contributed by atoms with Crippen LogP contribution in [0.2, 0.25) is 0 Å². The molecule has 3 fully saturated rings. The molecule has 6 rings (SSSR count). The van der Waals surface area contributed by atoms with Crippen LogP contribution in [0.4, 0.5) is 5.69 Å². The number of hydrogen-bond acceptors (Lipinski definition) is 4. The number of allylic oxidation sites excluding steroid dienone is 3. The number of anilines is 1. The Morgan fingerprint density at radius 3 is 2.36 bits per heavy atom. The highest BCUT2D eigenvalue weighted by Crippen LogP contribution is 2.49. The van der Waals surface area contributed by atoms with Gasteiger partial charge in [-0.15, -0.1) is 0 Å². The highest BCUT2D eigenvalue weighted by molar-refractivity contribution is 6.15. The molecule has 1 aromatic rings. The van der Waals surface area contributed by atoms with Crippen molar-refractivity contribution in [3.8, 4) is 0 Å². The molecular weight excluding hydrogens is 440 g/mol. The van der Waals surface area contributed by atoms with Gasteiger partial charge in [-0.3, -0.25) is 4.90 Å². The molecule has 1 spiro atoms. The zero-order chi connectivity index (χ0) is 25.7. The molecule has 0 aromatic heterocycles. The molecule has 4 nitrogen and oxygen atoms in total. The molecule has 192 valence electrons. The predicted octanol–water partition coefficient (Wildman–Crippen LogP) is 6.69. The third kappa shape index (κ3) is 4.13. The van der Waals surface area contributed by atoms with Crippen LogP contribution in [0.5, 0.6) is 0 Å². The van der Waals surface area contributed by atoms with Gasteiger partial charge < -0.3 is 10.2 Å². The molecular formula is C32H44N4. The summed E-state index contributed by atoms with van der Waals surface area (Å²) in [7, 11) is 2.22. The molecule has 0 amide bonds. The van der Waals surface area contributed by atoms with E-state index in [0.29, 0.717) is 5.92 Å². The topological polar surface area (TPSA) is 30.9 Å². The number of piperidine rings is 1. The Hall–Kier alpha value is -2.43. The predicted molar refractivity (Wildman–Crippen MR) is 154 cm³/mol. The summed E-state index contributed by atoms with van der Waals surface area (Å²) in [6, 6.07) is 7.09. The van der Waals surface area contributed by atoms with Gasteiger partial charge in [-0.1, -0.05) is 37.8 Å². The minimum absolute atomic E-state index is 0.160. The molecule has 0 unspecified atom stereocenters. The molecule has 0 atom stereocenters. The molecule has 5 aliphatic rings. The van der Waals surface area contributed by atoms with Crippen LogP contribution < -0.4 is 10.2 Å². The first-order valence-corrected chi connectivity index (χ1v) is 13.8. The lowest BCUT2D eigenvalue weighted by Gasteiger charge is -2.49. The van der Waals surface area contributed by atoms with E-state index in [1.54, 1.807) is 0 Å². The summed E-state index contributed by atoms with van der Waals surface area (Å²) < 4.78 is 0. The molecule has 4 heterocycles. The minimum atomic E-state index is -0.160. The van der Waals surface area contributed by atoms with Gasteiger partial charge in [0.2, 0.25) is 0 Å². The van der Waals surface area contributed by atoms with Gasteiger partial charge in [0.05, 0.1) is 22.5 Å². The highest BCUT2D eigenvalue weighted by atomic mass is 15.3. The van der Waals surface area contributed by atoms with Crippen molar-refractivity contribution in [2.75, 3.05) is 38.1 Å². The minimum Gasteiger partial charge on any atom is -0.316 e. The van der Waals surface area contributed by atoms with E-state index in [2.05, 4.69) is 87.3 Å². The molecule has 2 saturated heterocycles. The van der Waals surface area contributed by atoms with Crippen LogP contribution in [0.25, 0.3) is 0 Å². The smallest absolute Gasteiger partial charge is 0.124 e. The van der Waals surface area contributed by atoms with Crippen LogP contribution >= 0.6 is 0 Å². The van der Waals surface area contributed by atoms with Crippen molar-refractivity contribution in [2.24, 2.45) is 10.4 Å². The van der Waals surface area contributed by atoms with Crippen molar-refractivity contribution in [1.82, 2.24) is 10.2 Å². The Balaban J connectivity index is 0.000000323. The van der Waals surface area contributed by atoms with Gasteiger partial charge in [0, 0.05) is 18.7 Å². The summed E-state index contributed by atoms with van der Waals surface area (Å²) in [5.41, 5.74) is 8.93. The van der Waals surface area contributed by atoms with Gasteiger partial charge >= 0.3 is 0 Å². The second-order valence-corrected chi connectivity index (χ2v) is 12.1. The van der Waals surface area contributed by atoms with Crippen molar-refractivity contribution in [3.63, 3.8) is 0 Å². The summed E-state index contributed by atoms with van der Waals surface area (Å²) >= 11 is 0. The van der Waals surface area contributed by atoms with Crippen LogP contribution in [0.15, 0.2) is 71.0 Å². The number of nitrogens with zero attached hydrogens (tertiary/aromatic N) is 3. The molecule has 0 radical (unpaired) electrons. The molecule has 4 aliphatic heterocycles. The first-order valence-electron chi connectivity index (χ1n) is 13.8. The molecule has 36 heavy (non-hydrogen) atoms. The zero-order valence-corrected chi connectivity index (χ0v) is 23.1. The van der Waals surface area contributed by atoms with Crippen molar-refractivity contribution in [1.29, 1.82) is 0 Å². The number of fused-ring (bicyclic) bond motifs is 3. The number of nitrogens with one attached hydrogen (secondary N) is 1. The Labute approximate surface area is 218 Å². The second kappa shape index (κ2) is 9.46. The van der Waals surface area contributed by atoms with E-state index >= 15 is 0 Å². The van der Waals surface area contributed by atoms with Crippen molar-refractivity contribution < 1.29 is 0 Å². The molecule has 0 bridgehead atoms. The summed E-state index contributed by atoms with van der Waals surface area (Å²) in [5, 5.41) is 3.30. The van der Waals surface area contributed by atoms with E-state index in [-0.39, 0.29) is 5.41 Å². The lowest BCUT2D eigenvalue weighted by Crippen LogP contribution is -2.57. The number of rotatable bonds is 3. The van der Waals surface area contributed by atoms with E-state index < -0.39 is 0 Å². The Morgan fingerprint density at radius 2 is 1.86 bits per heavy atom. The van der Waals surface area contributed by atoms with E-state index in [9.17, 15) is 0 Å². The maximum Gasteiger partial charge on any atom is 0.124 e. The Morgan fingerprint density at radius 1 is 1.17 bits per heavy atom. The molecule has 1 saturated carbocycles. The van der Waals surface area contributed by atoms with Crippen LogP contribution in [-0.4, -0.2) is 44.0 Å². The van der Waals surface area contributed by atoms with E-state index in [1.165, 1.54) is 80.7 Å². The third-order valence-corrected chi connectivity index (χ3v) is 9.36. The standard InChI is InChI=1S/C26H33N3.C6H11N/c1-8-17(3)24-18(4)27-25-26(5,6)21-11-10-20(19-12-14-28(7)15-13-19)16-23(21)29(25)22(24)9-2;1-2-6(3-1)4-7-5-6/h8-11,16,19H,2,4,12-15H2,1,3,5-7H3;7H,1-5H2/b17-8-;. The monoisotopic (exact) mass is 484 g/mol. The maximum atomic E-state index is 5.01. The molecule has 4 heteroatoms. The zero-order valence-electron chi connectivity index (χ0n) is 23.1. The van der Waals surface area contributed by atoms with E-state index in [4.69, 9.17) is 4.99 Å². The molecule has 1 aromatic carbocycles. The normalized spacial score (nSPS) is 24.8. The number of hydrogen-bond donors (Lipinski definition) is 1. The number of benzene rings is 1. The first kappa shape index (κ1) is 25.2. The van der Waals surface area contributed by atoms with Crippen LogP contribution in [0.3, 0.4) is 0 Å². The van der Waals surface area contributed by atoms with Crippen LogP contribution in [0, 0.1) is 5.41 Å². The van der Waals surface area contributed by atoms with Gasteiger partial charge in [0.1, 0.15) is 5.84 Å². The SMILES string of the molecule is C1CC2(C1)CNC2.C=CC1=C(/C(C)=C\C)C(=C)N=C2N1c1cc(C3CCN(C)CC3)ccc1C2(C)C. The number of likely N-dealkylation sites (tertiary alicyclic amines) is 1. The largest absolute Gasteiger partial charge is 0.316 e. The lowest BCUT2D eigenvalue weighted by atomic mass is 9.65. The van der Waals surface area contributed by atoms with Crippen molar-refractivity contribution >= 4 is 11.5 Å². The lowest BCUT2D eigenvalue weighted by molar-refractivity contribution is 0.0603. The van der Waals surface area contributed by atoms with Crippen LogP contribution in [0.1, 0.15) is 76.8 Å². The fourth-order valence-corrected chi connectivity index (χ4v) is 6.53. The average molecular weight is 485 g/mol. The Kier molecular flexibility index (Phi) is 6.63. The highest BCUT2D eigenvalue weighted by Gasteiger charge is 2.45. The van der Waals surface area contributed by atoms with Gasteiger partial charge in [-0.2, -0.15) is 0 Å². The maximum absolute atomic E-state index is 5.01. The quantitative estimate of drug-likeness (QED) is 0.519. The fourth-order valence-electron chi connectivity index (χ4n) is 6.53. The van der Waals surface area contributed by atoms with E-state index in [1.807, 2.05) is 6.08 Å². The van der Waals surface area contributed by atoms with Gasteiger partial charge in [0.25, 0.3) is 0 Å². The van der Waals surface area contributed by atoms with Gasteiger partial charge in [0.15, 0.2) is 0 Å². The molecule has 1 N–H and O–H groups in total. The molecule has 1 aliphatic carbocycles. The van der Waals surface area contributed by atoms with Crippen molar-refractivity contribution in [2.45, 2.75) is 71.1 Å². The van der Waals surface area contributed by atoms with Gasteiger partial charge in [-0.05, 0) is 114 Å². The van der Waals surface area contributed by atoms with Crippen LogP contribution in [-0.2, 0) is 5.41 Å². The first-order chi connectivity index (χ1) is 17.2. The second-order valence-electron chi connectivity index (χ2n) is 12.1. The summed E-state index contributed by atoms with van der Waals surface area (Å²) in [4.78, 5) is 9.77. The summed E-state index contributed by atoms with van der Waals surface area (Å²) in [6.07, 6.45) is 11.0. The fraction of sp³-hybridized carbons (Fsp3) is 0.531. The van der Waals surface area contributed by atoms with E-state index in [0.717, 1.165) is 28.2 Å². The summed E-state index contributed by atoms with van der Waals surface area (Å²) in [5.74, 6) is 1.69. The summed E-state index contributed by atoms with van der Waals surface area (Å²) in [6.45, 7) is 22.1. The average Bonchev–Trinajstić information content (AvgIpc) is 3.02. The van der Waals surface area contributed by atoms with Crippen molar-refractivity contribution in [3.05, 3.63) is 77.2 Å². The third-order valence-electron chi connectivity index (χ3n) is 9.36. The Bertz CT molecular complexity index is 1130.